The molecule has 5 heteroatoms. The van der Waals surface area contributed by atoms with Crippen LogP contribution in [0.2, 0.25) is 0 Å². The Morgan fingerprint density at radius 2 is 2.05 bits per heavy atom. The number of nitrogens with zero attached hydrogens (tertiary/aromatic N) is 1. The number of aromatic amines is 1. The molecule has 0 fully saturated rings. The van der Waals surface area contributed by atoms with Crippen LogP contribution >= 0.6 is 0 Å². The number of hydrogen-bond donors (Lipinski definition) is 2. The number of carbonyl (C=O) groups is 1. The van der Waals surface area contributed by atoms with E-state index in [4.69, 9.17) is 0 Å². The average Bonchev–Trinajstić information content (AvgIpc) is 2.90. The van der Waals surface area contributed by atoms with Gasteiger partial charge in [-0.25, -0.2) is 4.39 Å². The van der Waals surface area contributed by atoms with Crippen LogP contribution in [-0.2, 0) is 6.42 Å². The van der Waals surface area contributed by atoms with E-state index in [1.165, 1.54) is 12.1 Å². The van der Waals surface area contributed by atoms with Gasteiger partial charge in [-0.1, -0.05) is 0 Å². The number of halogens is 1. The van der Waals surface area contributed by atoms with E-state index >= 15 is 0 Å². The molecule has 0 saturated heterocycles. The maximum absolute atomic E-state index is 13.3. The predicted molar refractivity (Wildman–Crippen MR) is 78.5 cm³/mol. The highest BCUT2D eigenvalue weighted by Gasteiger charge is 2.07. The minimum Gasteiger partial charge on any atom is -0.361 e. The number of H-pyrrole nitrogens is 1. The molecule has 1 aromatic carbocycles. The van der Waals surface area contributed by atoms with E-state index in [1.807, 2.05) is 6.20 Å². The van der Waals surface area contributed by atoms with Gasteiger partial charge in [0, 0.05) is 41.6 Å². The second-order valence-corrected chi connectivity index (χ2v) is 4.75. The van der Waals surface area contributed by atoms with E-state index in [0.717, 1.165) is 16.5 Å². The lowest BCUT2D eigenvalue weighted by molar-refractivity contribution is 0.0954. The molecule has 2 aromatic heterocycles. The molecular formula is C16H14FN3O. The third-order valence-corrected chi connectivity index (χ3v) is 3.35. The van der Waals surface area contributed by atoms with Gasteiger partial charge in [-0.3, -0.25) is 9.78 Å². The van der Waals surface area contributed by atoms with Crippen LogP contribution in [0.4, 0.5) is 4.39 Å². The summed E-state index contributed by atoms with van der Waals surface area (Å²) < 4.78 is 13.3. The second-order valence-electron chi connectivity index (χ2n) is 4.75. The van der Waals surface area contributed by atoms with Crippen LogP contribution in [0.1, 0.15) is 15.9 Å². The first kappa shape index (κ1) is 13.3. The number of aromatic nitrogens is 2. The first-order valence-electron chi connectivity index (χ1n) is 6.68. The van der Waals surface area contributed by atoms with Crippen molar-refractivity contribution in [3.05, 3.63) is 65.9 Å². The Morgan fingerprint density at radius 3 is 2.86 bits per heavy atom. The number of carbonyl (C=O) groups excluding carboxylic acids is 1. The summed E-state index contributed by atoms with van der Waals surface area (Å²) in [5.41, 5.74) is 2.46. The molecular weight excluding hydrogens is 269 g/mol. The molecule has 4 nitrogen and oxygen atoms in total. The van der Waals surface area contributed by atoms with Crippen molar-refractivity contribution in [2.24, 2.45) is 0 Å². The van der Waals surface area contributed by atoms with Crippen molar-refractivity contribution in [2.45, 2.75) is 6.42 Å². The Balaban J connectivity index is 1.65. The van der Waals surface area contributed by atoms with Crippen LogP contribution in [0.15, 0.2) is 48.9 Å². The average molecular weight is 283 g/mol. The van der Waals surface area contributed by atoms with Crippen molar-refractivity contribution in [3.63, 3.8) is 0 Å². The van der Waals surface area contributed by atoms with E-state index in [2.05, 4.69) is 15.3 Å². The second kappa shape index (κ2) is 5.75. The van der Waals surface area contributed by atoms with E-state index < -0.39 is 0 Å². The number of benzene rings is 1. The Labute approximate surface area is 121 Å². The fraction of sp³-hybridized carbons (Fsp3) is 0.125. The monoisotopic (exact) mass is 283 g/mol. The molecule has 0 aliphatic rings. The first-order valence-corrected chi connectivity index (χ1v) is 6.68. The fourth-order valence-corrected chi connectivity index (χ4v) is 2.27. The molecule has 0 radical (unpaired) electrons. The summed E-state index contributed by atoms with van der Waals surface area (Å²) in [6.45, 7) is 0.491. The van der Waals surface area contributed by atoms with Gasteiger partial charge in [0.05, 0.1) is 0 Å². The van der Waals surface area contributed by atoms with Crippen molar-refractivity contribution in [2.75, 3.05) is 6.54 Å². The summed E-state index contributed by atoms with van der Waals surface area (Å²) in [7, 11) is 0. The quantitative estimate of drug-likeness (QED) is 0.773. The number of pyridine rings is 1. The zero-order valence-electron chi connectivity index (χ0n) is 11.3. The summed E-state index contributed by atoms with van der Waals surface area (Å²) in [5.74, 6) is -0.396. The van der Waals surface area contributed by atoms with Gasteiger partial charge in [0.1, 0.15) is 5.82 Å². The van der Waals surface area contributed by atoms with E-state index in [-0.39, 0.29) is 11.7 Å². The lowest BCUT2D eigenvalue weighted by atomic mass is 10.1. The van der Waals surface area contributed by atoms with Gasteiger partial charge >= 0.3 is 0 Å². The van der Waals surface area contributed by atoms with Crippen molar-refractivity contribution < 1.29 is 9.18 Å². The number of rotatable bonds is 4. The van der Waals surface area contributed by atoms with Gasteiger partial charge in [0.25, 0.3) is 5.91 Å². The van der Waals surface area contributed by atoms with E-state index in [1.54, 1.807) is 30.6 Å². The largest absolute Gasteiger partial charge is 0.361 e. The minimum absolute atomic E-state index is 0.136. The van der Waals surface area contributed by atoms with Gasteiger partial charge in [0.2, 0.25) is 0 Å². The van der Waals surface area contributed by atoms with Gasteiger partial charge in [0.15, 0.2) is 0 Å². The highest BCUT2D eigenvalue weighted by atomic mass is 19.1. The topological polar surface area (TPSA) is 57.8 Å². The molecule has 2 N–H and O–H groups in total. The standard InChI is InChI=1S/C16H14FN3O/c17-13-1-2-15-14(9-13)12(10-20-15)5-8-19-16(21)11-3-6-18-7-4-11/h1-4,6-7,9-10,20H,5,8H2,(H,19,21). The number of fused-ring (bicyclic) bond motifs is 1. The van der Waals surface area contributed by atoms with Gasteiger partial charge < -0.3 is 10.3 Å². The van der Waals surface area contributed by atoms with Crippen LogP contribution in [0, 0.1) is 5.82 Å². The Hall–Kier alpha value is -2.69. The van der Waals surface area contributed by atoms with Crippen LogP contribution in [0.3, 0.4) is 0 Å². The lowest BCUT2D eigenvalue weighted by Crippen LogP contribution is -2.25. The smallest absolute Gasteiger partial charge is 0.251 e. The molecule has 2 heterocycles. The van der Waals surface area contributed by atoms with Crippen LogP contribution < -0.4 is 5.32 Å². The SMILES string of the molecule is O=C(NCCc1c[nH]c2ccc(F)cc12)c1ccncc1. The maximum Gasteiger partial charge on any atom is 0.251 e. The van der Waals surface area contributed by atoms with E-state index in [9.17, 15) is 9.18 Å². The Morgan fingerprint density at radius 1 is 1.24 bits per heavy atom. The number of amides is 1. The molecule has 21 heavy (non-hydrogen) atoms. The molecule has 0 bridgehead atoms. The first-order chi connectivity index (χ1) is 10.2. The summed E-state index contributed by atoms with van der Waals surface area (Å²) in [6, 6.07) is 7.97. The predicted octanol–water partition coefficient (Wildman–Crippen LogP) is 2.67. The summed E-state index contributed by atoms with van der Waals surface area (Å²) in [5, 5.41) is 3.70. The van der Waals surface area contributed by atoms with Gasteiger partial charge in [-0.15, -0.1) is 0 Å². The molecule has 0 spiro atoms. The fourth-order valence-electron chi connectivity index (χ4n) is 2.27. The lowest BCUT2D eigenvalue weighted by Gasteiger charge is -2.04. The molecule has 1 amide bonds. The van der Waals surface area contributed by atoms with Crippen molar-refractivity contribution in [1.29, 1.82) is 0 Å². The molecule has 0 atom stereocenters. The van der Waals surface area contributed by atoms with Gasteiger partial charge in [-0.2, -0.15) is 0 Å². The van der Waals surface area contributed by atoms with Crippen LogP contribution in [0.25, 0.3) is 10.9 Å². The van der Waals surface area contributed by atoms with Crippen molar-refractivity contribution in [1.82, 2.24) is 15.3 Å². The normalized spacial score (nSPS) is 10.7. The molecule has 0 aliphatic heterocycles. The third-order valence-electron chi connectivity index (χ3n) is 3.35. The van der Waals surface area contributed by atoms with Crippen molar-refractivity contribution in [3.8, 4) is 0 Å². The highest BCUT2D eigenvalue weighted by Crippen LogP contribution is 2.19. The molecule has 0 aliphatic carbocycles. The van der Waals surface area contributed by atoms with E-state index in [0.29, 0.717) is 18.5 Å². The third kappa shape index (κ3) is 2.91. The van der Waals surface area contributed by atoms with Crippen molar-refractivity contribution >= 4 is 16.8 Å². The molecule has 3 rings (SSSR count). The minimum atomic E-state index is -0.260. The zero-order valence-corrected chi connectivity index (χ0v) is 11.3. The number of hydrogen-bond acceptors (Lipinski definition) is 2. The summed E-state index contributed by atoms with van der Waals surface area (Å²) in [6.07, 6.45) is 5.65. The zero-order chi connectivity index (χ0) is 14.7. The summed E-state index contributed by atoms with van der Waals surface area (Å²) in [4.78, 5) is 18.9. The molecule has 0 saturated carbocycles. The van der Waals surface area contributed by atoms with Crippen LogP contribution in [0.5, 0.6) is 0 Å². The highest BCUT2D eigenvalue weighted by molar-refractivity contribution is 5.94. The summed E-state index contributed by atoms with van der Waals surface area (Å²) >= 11 is 0. The van der Waals surface area contributed by atoms with Crippen LogP contribution in [-0.4, -0.2) is 22.4 Å². The molecule has 0 unspecified atom stereocenters. The molecule has 106 valence electrons. The number of nitrogens with one attached hydrogen (secondary N) is 2. The molecule has 3 aromatic rings. The van der Waals surface area contributed by atoms with Gasteiger partial charge in [-0.05, 0) is 42.3 Å². The Bertz CT molecular complexity index is 768. The maximum atomic E-state index is 13.3. The Kier molecular flexibility index (Phi) is 3.64.